The molecule has 0 aromatic heterocycles. The van der Waals surface area contributed by atoms with Gasteiger partial charge in [-0.1, -0.05) is 0 Å². The largest absolute Gasteiger partial charge is 0.354 e. The normalized spacial score (nSPS) is 55.7. The first-order chi connectivity index (χ1) is 6.51. The van der Waals surface area contributed by atoms with Crippen LogP contribution in [-0.2, 0) is 4.74 Å². The van der Waals surface area contributed by atoms with Gasteiger partial charge >= 0.3 is 0 Å². The molecule has 4 aliphatic rings. The number of rotatable bonds is 1. The quantitative estimate of drug-likeness (QED) is 0.636. The zero-order valence-corrected chi connectivity index (χ0v) is 9.55. The SMILES string of the molecule is CN(C)C12C[C@@H]3C[C@@H](CC(C)(C3)O1)C2. The first kappa shape index (κ1) is 9.17. The zero-order chi connectivity index (χ0) is 9.97. The molecule has 0 aromatic carbocycles. The molecule has 4 rings (SSSR count). The van der Waals surface area contributed by atoms with E-state index in [4.69, 9.17) is 4.74 Å². The van der Waals surface area contributed by atoms with Crippen molar-refractivity contribution in [3.05, 3.63) is 0 Å². The van der Waals surface area contributed by atoms with E-state index in [1.54, 1.807) is 0 Å². The van der Waals surface area contributed by atoms with Crippen LogP contribution in [0.2, 0.25) is 0 Å². The van der Waals surface area contributed by atoms with Gasteiger partial charge < -0.3 is 4.74 Å². The molecule has 0 spiro atoms. The fourth-order valence-corrected chi connectivity index (χ4v) is 4.32. The Morgan fingerprint density at radius 2 is 1.64 bits per heavy atom. The van der Waals surface area contributed by atoms with Gasteiger partial charge in [-0.2, -0.15) is 0 Å². The number of nitrogens with zero attached hydrogens (tertiary/aromatic N) is 1. The van der Waals surface area contributed by atoms with E-state index in [0.717, 1.165) is 11.8 Å². The number of hydrogen-bond donors (Lipinski definition) is 0. The second-order valence-corrected chi connectivity index (χ2v) is 6.18. The van der Waals surface area contributed by atoms with E-state index in [0.29, 0.717) is 0 Å². The molecule has 0 aromatic rings. The maximum absolute atomic E-state index is 6.39. The standard InChI is InChI=1S/C12H21NO/c1-11-5-9-4-10(6-11)8-12(7-9,14-11)13(2)3/h9-10H,4-8H2,1-3H3/t9-,10+,11?,12?. The van der Waals surface area contributed by atoms with Crippen LogP contribution in [-0.4, -0.2) is 30.3 Å². The molecule has 2 aliphatic carbocycles. The van der Waals surface area contributed by atoms with Gasteiger partial charge in [0, 0.05) is 0 Å². The summed E-state index contributed by atoms with van der Waals surface area (Å²) >= 11 is 0. The molecule has 4 fully saturated rings. The summed E-state index contributed by atoms with van der Waals surface area (Å²) in [5.74, 6) is 1.87. The van der Waals surface area contributed by atoms with Gasteiger partial charge in [-0.05, 0) is 65.0 Å². The van der Waals surface area contributed by atoms with Crippen molar-refractivity contribution in [2.24, 2.45) is 11.8 Å². The second kappa shape index (κ2) is 2.53. The molecule has 0 radical (unpaired) electrons. The van der Waals surface area contributed by atoms with Gasteiger partial charge in [0.25, 0.3) is 0 Å². The van der Waals surface area contributed by atoms with Gasteiger partial charge in [-0.15, -0.1) is 0 Å². The van der Waals surface area contributed by atoms with Crippen LogP contribution >= 0.6 is 0 Å². The van der Waals surface area contributed by atoms with Gasteiger partial charge in [0.05, 0.1) is 5.60 Å². The molecule has 2 unspecified atom stereocenters. The van der Waals surface area contributed by atoms with Gasteiger partial charge in [-0.3, -0.25) is 4.90 Å². The van der Waals surface area contributed by atoms with E-state index in [-0.39, 0.29) is 11.3 Å². The molecule has 2 heterocycles. The molecule has 2 nitrogen and oxygen atoms in total. The lowest BCUT2D eigenvalue weighted by Gasteiger charge is -2.62. The maximum Gasteiger partial charge on any atom is 0.122 e. The Morgan fingerprint density at radius 3 is 2.07 bits per heavy atom. The van der Waals surface area contributed by atoms with E-state index in [9.17, 15) is 0 Å². The molecule has 2 saturated heterocycles. The zero-order valence-electron chi connectivity index (χ0n) is 9.55. The van der Waals surface area contributed by atoms with Crippen LogP contribution in [0.5, 0.6) is 0 Å². The lowest BCUT2D eigenvalue weighted by molar-refractivity contribution is -0.312. The highest BCUT2D eigenvalue weighted by atomic mass is 16.5. The van der Waals surface area contributed by atoms with Crippen molar-refractivity contribution in [2.45, 2.75) is 50.4 Å². The van der Waals surface area contributed by atoms with Gasteiger partial charge in [-0.25, -0.2) is 0 Å². The van der Waals surface area contributed by atoms with Gasteiger partial charge in [0.1, 0.15) is 5.72 Å². The highest BCUT2D eigenvalue weighted by Crippen LogP contribution is 2.57. The minimum Gasteiger partial charge on any atom is -0.354 e. The highest BCUT2D eigenvalue weighted by molar-refractivity contribution is 5.05. The van der Waals surface area contributed by atoms with E-state index in [1.165, 1.54) is 32.1 Å². The lowest BCUT2D eigenvalue weighted by atomic mass is 9.60. The smallest absolute Gasteiger partial charge is 0.122 e. The summed E-state index contributed by atoms with van der Waals surface area (Å²) in [5.41, 5.74) is 0.299. The van der Waals surface area contributed by atoms with E-state index >= 15 is 0 Å². The van der Waals surface area contributed by atoms with E-state index < -0.39 is 0 Å². The average Bonchev–Trinajstić information content (AvgIpc) is 1.98. The van der Waals surface area contributed by atoms with Crippen molar-refractivity contribution in [1.29, 1.82) is 0 Å². The average molecular weight is 195 g/mol. The minimum absolute atomic E-state index is 0.0961. The summed E-state index contributed by atoms with van der Waals surface area (Å²) in [4.78, 5) is 2.32. The summed E-state index contributed by atoms with van der Waals surface area (Å²) < 4.78 is 6.39. The number of ether oxygens (including phenoxy) is 1. The van der Waals surface area contributed by atoms with Crippen molar-refractivity contribution in [2.75, 3.05) is 14.1 Å². The molecule has 2 saturated carbocycles. The van der Waals surface area contributed by atoms with Crippen molar-refractivity contribution >= 4 is 0 Å². The first-order valence-electron chi connectivity index (χ1n) is 5.89. The Labute approximate surface area is 86.6 Å². The molecule has 0 N–H and O–H groups in total. The van der Waals surface area contributed by atoms with Gasteiger partial charge in [0.2, 0.25) is 0 Å². The molecular weight excluding hydrogens is 174 g/mol. The van der Waals surface area contributed by atoms with Crippen LogP contribution in [0.4, 0.5) is 0 Å². The third-order valence-corrected chi connectivity index (χ3v) is 4.57. The minimum atomic E-state index is 0.0961. The van der Waals surface area contributed by atoms with Crippen LogP contribution < -0.4 is 0 Å². The van der Waals surface area contributed by atoms with Crippen molar-refractivity contribution in [3.63, 3.8) is 0 Å². The van der Waals surface area contributed by atoms with Crippen molar-refractivity contribution in [3.8, 4) is 0 Å². The third-order valence-electron chi connectivity index (χ3n) is 4.57. The Bertz CT molecular complexity index is 247. The summed E-state index contributed by atoms with van der Waals surface area (Å²) in [6.45, 7) is 2.32. The third kappa shape index (κ3) is 1.10. The summed E-state index contributed by atoms with van der Waals surface area (Å²) in [5, 5.41) is 0. The maximum atomic E-state index is 6.39. The number of hydrogen-bond acceptors (Lipinski definition) is 2. The topological polar surface area (TPSA) is 12.5 Å². The van der Waals surface area contributed by atoms with Crippen molar-refractivity contribution < 1.29 is 4.74 Å². The van der Waals surface area contributed by atoms with Crippen LogP contribution in [0.25, 0.3) is 0 Å². The molecule has 2 aliphatic heterocycles. The summed E-state index contributed by atoms with van der Waals surface area (Å²) in [6, 6.07) is 0. The summed E-state index contributed by atoms with van der Waals surface area (Å²) in [6.07, 6.45) is 6.62. The Morgan fingerprint density at radius 1 is 1.07 bits per heavy atom. The predicted octanol–water partition coefficient (Wildman–Crippen LogP) is 2.24. The van der Waals surface area contributed by atoms with E-state index in [2.05, 4.69) is 25.9 Å². The fourth-order valence-electron chi connectivity index (χ4n) is 4.32. The molecule has 0 amide bonds. The van der Waals surface area contributed by atoms with Crippen LogP contribution in [0.3, 0.4) is 0 Å². The van der Waals surface area contributed by atoms with E-state index in [1.807, 2.05) is 0 Å². The molecule has 14 heavy (non-hydrogen) atoms. The Kier molecular flexibility index (Phi) is 1.66. The predicted molar refractivity (Wildman–Crippen MR) is 56.0 cm³/mol. The van der Waals surface area contributed by atoms with Gasteiger partial charge in [0.15, 0.2) is 0 Å². The Hall–Kier alpha value is -0.0800. The van der Waals surface area contributed by atoms with Crippen LogP contribution in [0.1, 0.15) is 39.0 Å². The first-order valence-corrected chi connectivity index (χ1v) is 5.89. The fraction of sp³-hybridized carbons (Fsp3) is 1.00. The molecule has 2 heteroatoms. The van der Waals surface area contributed by atoms with Crippen molar-refractivity contribution in [1.82, 2.24) is 4.90 Å². The lowest BCUT2D eigenvalue weighted by Crippen LogP contribution is -2.65. The van der Waals surface area contributed by atoms with Crippen LogP contribution in [0.15, 0.2) is 0 Å². The second-order valence-electron chi connectivity index (χ2n) is 6.18. The molecule has 4 bridgehead atoms. The highest BCUT2D eigenvalue weighted by Gasteiger charge is 2.57. The summed E-state index contributed by atoms with van der Waals surface area (Å²) in [7, 11) is 4.35. The Balaban J connectivity index is 1.96. The molecule has 80 valence electrons. The molecule has 4 atom stereocenters. The van der Waals surface area contributed by atoms with Crippen LogP contribution in [0, 0.1) is 11.8 Å². The molecular formula is C12H21NO. The monoisotopic (exact) mass is 195 g/mol.